The SMILES string of the molecule is Cc1nc(Cl)c(Sc2ccc3c(c2)OCCCO3)nc1C. The van der Waals surface area contributed by atoms with Crippen LogP contribution in [0.2, 0.25) is 5.15 Å². The van der Waals surface area contributed by atoms with Crippen LogP contribution in [0.3, 0.4) is 0 Å². The zero-order valence-corrected chi connectivity index (χ0v) is 13.4. The van der Waals surface area contributed by atoms with E-state index in [-0.39, 0.29) is 0 Å². The normalized spacial score (nSPS) is 13.9. The largest absolute Gasteiger partial charge is 0.490 e. The molecule has 2 heterocycles. The first kappa shape index (κ1) is 14.5. The molecule has 0 radical (unpaired) electrons. The van der Waals surface area contributed by atoms with Crippen LogP contribution < -0.4 is 9.47 Å². The van der Waals surface area contributed by atoms with Gasteiger partial charge in [-0.2, -0.15) is 0 Å². The number of ether oxygens (including phenoxy) is 2. The van der Waals surface area contributed by atoms with E-state index in [1.54, 1.807) is 0 Å². The molecule has 0 N–H and O–H groups in total. The lowest BCUT2D eigenvalue weighted by Gasteiger charge is -2.10. The Hall–Kier alpha value is -1.46. The van der Waals surface area contributed by atoms with Crippen LogP contribution in [0.4, 0.5) is 0 Å². The molecule has 1 aliphatic rings. The monoisotopic (exact) mass is 322 g/mol. The van der Waals surface area contributed by atoms with Crippen LogP contribution >= 0.6 is 23.4 Å². The second kappa shape index (κ2) is 6.12. The van der Waals surface area contributed by atoms with E-state index in [4.69, 9.17) is 21.1 Å². The summed E-state index contributed by atoms with van der Waals surface area (Å²) in [6, 6.07) is 5.86. The Kier molecular flexibility index (Phi) is 4.22. The number of aromatic nitrogens is 2. The molecule has 4 nitrogen and oxygen atoms in total. The fourth-order valence-corrected chi connectivity index (χ4v) is 3.06. The van der Waals surface area contributed by atoms with Crippen LogP contribution in [-0.2, 0) is 0 Å². The first-order valence-corrected chi connectivity index (χ1v) is 7.91. The highest BCUT2D eigenvalue weighted by atomic mass is 35.5. The summed E-state index contributed by atoms with van der Waals surface area (Å²) >= 11 is 7.65. The molecule has 0 fully saturated rings. The highest BCUT2D eigenvalue weighted by molar-refractivity contribution is 7.99. The number of benzene rings is 1. The van der Waals surface area contributed by atoms with Gasteiger partial charge in [0, 0.05) is 11.3 Å². The molecule has 0 bridgehead atoms. The summed E-state index contributed by atoms with van der Waals surface area (Å²) in [4.78, 5) is 9.79. The van der Waals surface area contributed by atoms with Crippen LogP contribution in [0.5, 0.6) is 11.5 Å². The molecule has 3 rings (SSSR count). The Morgan fingerprint density at radius 1 is 1.05 bits per heavy atom. The van der Waals surface area contributed by atoms with Crippen LogP contribution in [0.15, 0.2) is 28.1 Å². The highest BCUT2D eigenvalue weighted by Crippen LogP contribution is 2.37. The van der Waals surface area contributed by atoms with Crippen molar-refractivity contribution in [2.45, 2.75) is 30.2 Å². The summed E-state index contributed by atoms with van der Waals surface area (Å²) in [5, 5.41) is 1.13. The molecule has 0 saturated carbocycles. The predicted molar refractivity (Wildman–Crippen MR) is 82.7 cm³/mol. The second-order valence-corrected chi connectivity index (χ2v) is 6.17. The van der Waals surface area contributed by atoms with Gasteiger partial charge in [0.15, 0.2) is 16.7 Å². The topological polar surface area (TPSA) is 44.2 Å². The van der Waals surface area contributed by atoms with Crippen molar-refractivity contribution >= 4 is 23.4 Å². The van der Waals surface area contributed by atoms with E-state index in [0.717, 1.165) is 34.2 Å². The highest BCUT2D eigenvalue weighted by Gasteiger charge is 2.13. The zero-order valence-electron chi connectivity index (χ0n) is 11.9. The lowest BCUT2D eigenvalue weighted by atomic mass is 10.3. The molecule has 0 unspecified atom stereocenters. The molecule has 2 aromatic rings. The van der Waals surface area contributed by atoms with Crippen molar-refractivity contribution in [1.29, 1.82) is 0 Å². The summed E-state index contributed by atoms with van der Waals surface area (Å²) in [6.45, 7) is 5.19. The van der Waals surface area contributed by atoms with Crippen LogP contribution in [0.1, 0.15) is 17.8 Å². The number of nitrogens with zero attached hydrogens (tertiary/aromatic N) is 2. The van der Waals surface area contributed by atoms with E-state index in [2.05, 4.69) is 9.97 Å². The molecule has 0 amide bonds. The number of rotatable bonds is 2. The minimum absolute atomic E-state index is 0.426. The first-order valence-electron chi connectivity index (χ1n) is 6.72. The summed E-state index contributed by atoms with van der Waals surface area (Å²) in [5.41, 5.74) is 1.74. The molecular weight excluding hydrogens is 308 g/mol. The fraction of sp³-hybridized carbons (Fsp3) is 0.333. The van der Waals surface area contributed by atoms with E-state index in [1.807, 2.05) is 32.0 Å². The molecule has 0 atom stereocenters. The van der Waals surface area contributed by atoms with Crippen molar-refractivity contribution in [1.82, 2.24) is 9.97 Å². The summed E-state index contributed by atoms with van der Waals surface area (Å²) < 4.78 is 11.3. The third-order valence-corrected chi connectivity index (χ3v) is 4.51. The molecule has 1 aromatic carbocycles. The van der Waals surface area contributed by atoms with Gasteiger partial charge in [0.2, 0.25) is 0 Å². The number of hydrogen-bond acceptors (Lipinski definition) is 5. The molecule has 1 aromatic heterocycles. The Morgan fingerprint density at radius 3 is 2.57 bits per heavy atom. The summed E-state index contributed by atoms with van der Waals surface area (Å²) in [7, 11) is 0. The Balaban J connectivity index is 1.88. The van der Waals surface area contributed by atoms with Gasteiger partial charge in [-0.3, -0.25) is 0 Å². The molecular formula is C15H15ClN2O2S. The maximum atomic E-state index is 6.17. The van der Waals surface area contributed by atoms with Gasteiger partial charge < -0.3 is 9.47 Å². The lowest BCUT2D eigenvalue weighted by Crippen LogP contribution is -1.97. The van der Waals surface area contributed by atoms with E-state index >= 15 is 0 Å². The van der Waals surface area contributed by atoms with Crippen LogP contribution in [-0.4, -0.2) is 23.2 Å². The van der Waals surface area contributed by atoms with E-state index < -0.39 is 0 Å². The lowest BCUT2D eigenvalue weighted by molar-refractivity contribution is 0.297. The van der Waals surface area contributed by atoms with Gasteiger partial charge in [-0.15, -0.1) is 0 Å². The number of aryl methyl sites for hydroxylation is 2. The van der Waals surface area contributed by atoms with Gasteiger partial charge in [-0.05, 0) is 32.0 Å². The van der Waals surface area contributed by atoms with Gasteiger partial charge in [0.05, 0.1) is 24.6 Å². The molecule has 1 aliphatic heterocycles. The van der Waals surface area contributed by atoms with Crippen LogP contribution in [0.25, 0.3) is 0 Å². The molecule has 110 valence electrons. The number of hydrogen-bond donors (Lipinski definition) is 0. The van der Waals surface area contributed by atoms with Gasteiger partial charge in [0.25, 0.3) is 0 Å². The van der Waals surface area contributed by atoms with E-state index in [0.29, 0.717) is 23.4 Å². The van der Waals surface area contributed by atoms with Gasteiger partial charge >= 0.3 is 0 Å². The summed E-state index contributed by atoms with van der Waals surface area (Å²) in [5.74, 6) is 1.56. The number of halogens is 1. The van der Waals surface area contributed by atoms with Crippen molar-refractivity contribution in [2.24, 2.45) is 0 Å². The molecule has 0 saturated heterocycles. The van der Waals surface area contributed by atoms with Crippen molar-refractivity contribution < 1.29 is 9.47 Å². The van der Waals surface area contributed by atoms with Crippen molar-refractivity contribution in [2.75, 3.05) is 13.2 Å². The minimum atomic E-state index is 0.426. The first-order chi connectivity index (χ1) is 10.1. The molecule has 21 heavy (non-hydrogen) atoms. The van der Waals surface area contributed by atoms with Crippen molar-refractivity contribution in [3.63, 3.8) is 0 Å². The van der Waals surface area contributed by atoms with E-state index in [1.165, 1.54) is 11.8 Å². The predicted octanol–water partition coefficient (Wildman–Crippen LogP) is 4.06. The van der Waals surface area contributed by atoms with Crippen molar-refractivity contribution in [3.8, 4) is 11.5 Å². The average molecular weight is 323 g/mol. The minimum Gasteiger partial charge on any atom is -0.490 e. The Bertz CT molecular complexity index is 679. The van der Waals surface area contributed by atoms with Gasteiger partial charge in [-0.1, -0.05) is 23.4 Å². The average Bonchev–Trinajstić information content (AvgIpc) is 2.69. The van der Waals surface area contributed by atoms with Crippen LogP contribution in [0, 0.1) is 13.8 Å². The standard InChI is InChI=1S/C15H15ClN2O2S/c1-9-10(2)18-15(14(16)17-9)21-11-4-5-12-13(8-11)20-7-3-6-19-12/h4-5,8H,3,6-7H2,1-2H3. The third kappa shape index (κ3) is 3.24. The summed E-state index contributed by atoms with van der Waals surface area (Å²) in [6.07, 6.45) is 0.894. The quantitative estimate of drug-likeness (QED) is 0.834. The van der Waals surface area contributed by atoms with E-state index in [9.17, 15) is 0 Å². The second-order valence-electron chi connectivity index (χ2n) is 4.75. The fourth-order valence-electron chi connectivity index (χ4n) is 1.94. The maximum absolute atomic E-state index is 6.17. The molecule has 0 spiro atoms. The molecule has 0 aliphatic carbocycles. The number of fused-ring (bicyclic) bond motifs is 1. The smallest absolute Gasteiger partial charge is 0.162 e. The zero-order chi connectivity index (χ0) is 14.8. The van der Waals surface area contributed by atoms with Gasteiger partial charge in [-0.25, -0.2) is 9.97 Å². The third-order valence-electron chi connectivity index (χ3n) is 3.17. The Morgan fingerprint density at radius 2 is 1.76 bits per heavy atom. The molecule has 6 heteroatoms. The maximum Gasteiger partial charge on any atom is 0.162 e. The van der Waals surface area contributed by atoms with Gasteiger partial charge in [0.1, 0.15) is 5.03 Å². The Labute approximate surface area is 132 Å². The van der Waals surface area contributed by atoms with Crippen molar-refractivity contribution in [3.05, 3.63) is 34.7 Å².